The maximum Gasteiger partial charge on any atom is 0.303 e. The van der Waals surface area contributed by atoms with Gasteiger partial charge in [-0.2, -0.15) is 0 Å². The van der Waals surface area contributed by atoms with Crippen molar-refractivity contribution in [1.29, 1.82) is 0 Å². The van der Waals surface area contributed by atoms with Crippen LogP contribution in [0.2, 0.25) is 0 Å². The second-order valence-electron chi connectivity index (χ2n) is 3.58. The molecule has 0 aromatic rings. The molecule has 0 bridgehead atoms. The van der Waals surface area contributed by atoms with Crippen LogP contribution in [0.4, 0.5) is 0 Å². The van der Waals surface area contributed by atoms with E-state index in [0.717, 1.165) is 0 Å². The molecule has 0 heterocycles. The Bertz CT molecular complexity index is 101. The molecule has 0 unspecified atom stereocenters. The minimum atomic E-state index is -0.745. The summed E-state index contributed by atoms with van der Waals surface area (Å²) in [5, 5.41) is 7.72. The Morgan fingerprint density at radius 3 is 1.12 bits per heavy atom. The van der Waals surface area contributed by atoms with E-state index in [4.69, 9.17) is 5.11 Å². The van der Waals surface area contributed by atoms with E-state index in [0.29, 0.717) is 0 Å². The van der Waals surface area contributed by atoms with Gasteiger partial charge in [0.2, 0.25) is 0 Å². The summed E-state index contributed by atoms with van der Waals surface area (Å²) < 4.78 is 0. The van der Waals surface area contributed by atoms with Gasteiger partial charge in [-0.15, -0.1) is 0 Å². The van der Waals surface area contributed by atoms with Gasteiger partial charge in [-0.1, -0.05) is 65.7 Å². The van der Waals surface area contributed by atoms with Crippen LogP contribution >= 0.6 is 0 Å². The van der Waals surface area contributed by atoms with Gasteiger partial charge in [0.25, 0.3) is 0 Å². The van der Waals surface area contributed by atoms with E-state index in [9.17, 15) is 4.79 Å². The molecular weight excluding hydrogens is 202 g/mol. The van der Waals surface area contributed by atoms with E-state index in [1.165, 1.54) is 52.0 Å². The molecule has 100 valence electrons. The van der Waals surface area contributed by atoms with Crippen LogP contribution in [0.25, 0.3) is 0 Å². The monoisotopic (exact) mass is 233 g/mol. The Morgan fingerprint density at radius 2 is 1.06 bits per heavy atom. The fourth-order valence-electron chi connectivity index (χ4n) is 1.06. The van der Waals surface area contributed by atoms with Crippen LogP contribution in [-0.2, 0) is 4.79 Å². The zero-order valence-corrected chi connectivity index (χ0v) is 11.6. The van der Waals surface area contributed by atoms with E-state index >= 15 is 0 Å². The standard InChI is InChI=1S/C6H12.C3H6O2.C3H8.CH5N/c1-2-4-6-5-3-1;1-2-3(4)5;1-3-2;1-2/h1-6H2;2H2,1H3,(H,4,5);3H2,1-2H3;2H2,1H3. The van der Waals surface area contributed by atoms with Gasteiger partial charge in [0.1, 0.15) is 0 Å². The first kappa shape index (κ1) is 20.8. The normalized spacial score (nSPS) is 12.8. The molecule has 1 rings (SSSR count). The fourth-order valence-corrected chi connectivity index (χ4v) is 1.06. The number of carboxylic acids is 1. The molecule has 1 aliphatic carbocycles. The van der Waals surface area contributed by atoms with Gasteiger partial charge in [0.15, 0.2) is 0 Å². The first-order chi connectivity index (χ1) is 7.68. The molecule has 1 fully saturated rings. The number of rotatable bonds is 1. The van der Waals surface area contributed by atoms with Crippen molar-refractivity contribution in [1.82, 2.24) is 0 Å². The van der Waals surface area contributed by atoms with Crippen LogP contribution in [0.1, 0.15) is 72.1 Å². The van der Waals surface area contributed by atoms with Gasteiger partial charge < -0.3 is 10.8 Å². The second-order valence-corrected chi connectivity index (χ2v) is 3.58. The highest BCUT2D eigenvalue weighted by atomic mass is 16.4. The van der Waals surface area contributed by atoms with Crippen LogP contribution < -0.4 is 5.73 Å². The van der Waals surface area contributed by atoms with Crippen molar-refractivity contribution in [2.75, 3.05) is 7.05 Å². The lowest BCUT2D eigenvalue weighted by atomic mass is 10.0. The largest absolute Gasteiger partial charge is 0.481 e. The molecule has 0 atom stereocenters. The van der Waals surface area contributed by atoms with Gasteiger partial charge in [0, 0.05) is 6.42 Å². The smallest absolute Gasteiger partial charge is 0.303 e. The SMILES string of the molecule is C1CCCCC1.CCC.CCC(=O)O.CN. The van der Waals surface area contributed by atoms with Gasteiger partial charge >= 0.3 is 5.97 Å². The third-order valence-electron chi connectivity index (χ3n) is 1.80. The molecule has 3 N–H and O–H groups in total. The van der Waals surface area contributed by atoms with Crippen molar-refractivity contribution in [3.63, 3.8) is 0 Å². The first-order valence-electron chi connectivity index (χ1n) is 6.48. The van der Waals surface area contributed by atoms with Crippen molar-refractivity contribution in [3.05, 3.63) is 0 Å². The lowest BCUT2D eigenvalue weighted by Gasteiger charge is -2.05. The van der Waals surface area contributed by atoms with Gasteiger partial charge in [-0.3, -0.25) is 4.79 Å². The summed E-state index contributed by atoms with van der Waals surface area (Å²) in [7, 11) is 1.50. The summed E-state index contributed by atoms with van der Waals surface area (Å²) in [6, 6.07) is 0. The molecule has 16 heavy (non-hydrogen) atoms. The molecule has 3 heteroatoms. The number of carbonyl (C=O) groups is 1. The summed E-state index contributed by atoms with van der Waals surface area (Å²) in [5.74, 6) is -0.745. The van der Waals surface area contributed by atoms with Crippen LogP contribution in [0.5, 0.6) is 0 Å². The lowest BCUT2D eigenvalue weighted by Crippen LogP contribution is -1.86. The zero-order chi connectivity index (χ0) is 13.2. The van der Waals surface area contributed by atoms with Crippen LogP contribution in [0.3, 0.4) is 0 Å². The highest BCUT2D eigenvalue weighted by molar-refractivity contribution is 5.66. The number of hydrogen-bond acceptors (Lipinski definition) is 2. The van der Waals surface area contributed by atoms with Crippen molar-refractivity contribution in [2.45, 2.75) is 72.1 Å². The van der Waals surface area contributed by atoms with Crippen LogP contribution in [0, 0.1) is 0 Å². The maximum absolute atomic E-state index is 9.37. The first-order valence-corrected chi connectivity index (χ1v) is 6.48. The second kappa shape index (κ2) is 23.9. The quantitative estimate of drug-likeness (QED) is 0.724. The minimum absolute atomic E-state index is 0.222. The Kier molecular flexibility index (Phi) is 31.1. The van der Waals surface area contributed by atoms with E-state index in [1.807, 2.05) is 0 Å². The highest BCUT2D eigenvalue weighted by Crippen LogP contribution is 2.15. The summed E-state index contributed by atoms with van der Waals surface area (Å²) in [6.07, 6.45) is 10.5. The summed E-state index contributed by atoms with van der Waals surface area (Å²) >= 11 is 0. The molecule has 0 aliphatic heterocycles. The molecule has 0 amide bonds. The summed E-state index contributed by atoms with van der Waals surface area (Å²) in [6.45, 7) is 5.85. The molecule has 1 aliphatic rings. The molecule has 3 nitrogen and oxygen atoms in total. The average Bonchev–Trinajstić information content (AvgIpc) is 2.35. The number of aliphatic carboxylic acids is 1. The molecule has 0 radical (unpaired) electrons. The molecule has 0 aromatic carbocycles. The van der Waals surface area contributed by atoms with E-state index < -0.39 is 5.97 Å². The number of nitrogens with two attached hydrogens (primary N) is 1. The minimum Gasteiger partial charge on any atom is -0.481 e. The fraction of sp³-hybridized carbons (Fsp3) is 0.923. The maximum atomic E-state index is 9.37. The van der Waals surface area contributed by atoms with E-state index in [-0.39, 0.29) is 6.42 Å². The van der Waals surface area contributed by atoms with Crippen molar-refractivity contribution in [2.24, 2.45) is 5.73 Å². The Morgan fingerprint density at radius 1 is 0.938 bits per heavy atom. The Hall–Kier alpha value is -0.570. The van der Waals surface area contributed by atoms with Crippen LogP contribution in [-0.4, -0.2) is 18.1 Å². The number of hydrogen-bond donors (Lipinski definition) is 2. The van der Waals surface area contributed by atoms with Gasteiger partial charge in [-0.05, 0) is 7.05 Å². The predicted octanol–water partition coefficient (Wildman–Crippen LogP) is 3.81. The molecule has 0 spiro atoms. The molecular formula is C13H31NO2. The third-order valence-corrected chi connectivity index (χ3v) is 1.80. The van der Waals surface area contributed by atoms with Crippen molar-refractivity contribution in [3.8, 4) is 0 Å². The Labute approximate surface area is 101 Å². The van der Waals surface area contributed by atoms with E-state index in [1.54, 1.807) is 6.92 Å². The average molecular weight is 233 g/mol. The molecule has 0 aromatic heterocycles. The van der Waals surface area contributed by atoms with Crippen molar-refractivity contribution >= 4 is 5.97 Å². The molecule has 1 saturated carbocycles. The van der Waals surface area contributed by atoms with Gasteiger partial charge in [0.05, 0.1) is 0 Å². The van der Waals surface area contributed by atoms with Gasteiger partial charge in [-0.25, -0.2) is 0 Å². The van der Waals surface area contributed by atoms with E-state index in [2.05, 4.69) is 19.6 Å². The van der Waals surface area contributed by atoms with Crippen molar-refractivity contribution < 1.29 is 9.90 Å². The summed E-state index contributed by atoms with van der Waals surface area (Å²) in [4.78, 5) is 9.37. The molecule has 0 saturated heterocycles. The lowest BCUT2D eigenvalue weighted by molar-refractivity contribution is -0.136. The predicted molar refractivity (Wildman–Crippen MR) is 71.7 cm³/mol. The summed E-state index contributed by atoms with van der Waals surface area (Å²) in [5.41, 5.74) is 4.50. The zero-order valence-electron chi connectivity index (χ0n) is 11.6. The topological polar surface area (TPSA) is 63.3 Å². The highest BCUT2D eigenvalue weighted by Gasteiger charge is 1.95. The number of carboxylic acid groups (broad SMARTS) is 1. The Balaban J connectivity index is -0.000000155. The third kappa shape index (κ3) is 37.6. The van der Waals surface area contributed by atoms with Crippen LogP contribution in [0.15, 0.2) is 0 Å².